The molecule has 0 heterocycles. The average Bonchev–Trinajstić information content (AvgIpc) is 2.49. The normalized spacial score (nSPS) is 12.0. The van der Waals surface area contributed by atoms with Gasteiger partial charge in [0.2, 0.25) is 0 Å². The van der Waals surface area contributed by atoms with E-state index in [1.807, 2.05) is 24.3 Å². The van der Waals surface area contributed by atoms with Gasteiger partial charge in [0.1, 0.15) is 5.75 Å². The van der Waals surface area contributed by atoms with Gasteiger partial charge in [-0.05, 0) is 75.0 Å². The minimum absolute atomic E-state index is 0.239. The summed E-state index contributed by atoms with van der Waals surface area (Å²) in [7, 11) is 0. The predicted octanol–water partition coefficient (Wildman–Crippen LogP) is 6.00. The standard InChI is InChI=1S/C17H19Br2NO/c1-3-12(2)21-15-6-4-5-14(10-15)20-11-13-7-8-16(18)17(19)9-13/h4-10,12,20H,3,11H2,1-2H3. The Bertz CT molecular complexity index is 601. The Hall–Kier alpha value is -1.000. The maximum atomic E-state index is 5.84. The van der Waals surface area contributed by atoms with Gasteiger partial charge in [-0.25, -0.2) is 0 Å². The van der Waals surface area contributed by atoms with Gasteiger partial charge in [-0.3, -0.25) is 0 Å². The molecule has 21 heavy (non-hydrogen) atoms. The lowest BCUT2D eigenvalue weighted by Crippen LogP contribution is -2.09. The summed E-state index contributed by atoms with van der Waals surface area (Å²) in [5.41, 5.74) is 2.29. The van der Waals surface area contributed by atoms with Crippen LogP contribution in [0.4, 0.5) is 5.69 Å². The lowest BCUT2D eigenvalue weighted by molar-refractivity contribution is 0.217. The number of hydrogen-bond donors (Lipinski definition) is 1. The molecule has 4 heteroatoms. The molecule has 0 bridgehead atoms. The largest absolute Gasteiger partial charge is 0.491 e. The van der Waals surface area contributed by atoms with Crippen LogP contribution >= 0.6 is 31.9 Å². The highest BCUT2D eigenvalue weighted by Crippen LogP contribution is 2.25. The van der Waals surface area contributed by atoms with Crippen molar-refractivity contribution in [3.8, 4) is 5.75 Å². The highest BCUT2D eigenvalue weighted by atomic mass is 79.9. The molecule has 2 aromatic carbocycles. The zero-order chi connectivity index (χ0) is 15.2. The SMILES string of the molecule is CCC(C)Oc1cccc(NCc2ccc(Br)c(Br)c2)c1. The summed E-state index contributed by atoms with van der Waals surface area (Å²) in [6.07, 6.45) is 1.24. The first-order valence-electron chi connectivity index (χ1n) is 7.03. The number of halogens is 2. The number of ether oxygens (including phenoxy) is 1. The Morgan fingerprint density at radius 3 is 2.62 bits per heavy atom. The van der Waals surface area contributed by atoms with E-state index < -0.39 is 0 Å². The second kappa shape index (κ2) is 7.85. The van der Waals surface area contributed by atoms with E-state index in [0.29, 0.717) is 0 Å². The Morgan fingerprint density at radius 1 is 1.10 bits per heavy atom. The minimum Gasteiger partial charge on any atom is -0.491 e. The van der Waals surface area contributed by atoms with Crippen LogP contribution in [0, 0.1) is 0 Å². The molecular weight excluding hydrogens is 394 g/mol. The van der Waals surface area contributed by atoms with Gasteiger partial charge < -0.3 is 10.1 Å². The molecule has 0 fully saturated rings. The third-order valence-corrected chi connectivity index (χ3v) is 5.11. The van der Waals surface area contributed by atoms with E-state index in [0.717, 1.165) is 33.3 Å². The van der Waals surface area contributed by atoms with Crippen molar-refractivity contribution in [2.45, 2.75) is 32.9 Å². The molecule has 1 unspecified atom stereocenters. The highest BCUT2D eigenvalue weighted by Gasteiger charge is 2.03. The van der Waals surface area contributed by atoms with Gasteiger partial charge >= 0.3 is 0 Å². The number of anilines is 1. The van der Waals surface area contributed by atoms with Gasteiger partial charge in [-0.1, -0.05) is 19.1 Å². The van der Waals surface area contributed by atoms with E-state index in [1.54, 1.807) is 0 Å². The zero-order valence-electron chi connectivity index (χ0n) is 12.2. The van der Waals surface area contributed by atoms with E-state index >= 15 is 0 Å². The van der Waals surface area contributed by atoms with Crippen molar-refractivity contribution in [2.75, 3.05) is 5.32 Å². The van der Waals surface area contributed by atoms with Crippen LogP contribution in [0.3, 0.4) is 0 Å². The molecule has 2 aromatic rings. The summed E-state index contributed by atoms with van der Waals surface area (Å²) < 4.78 is 7.97. The Morgan fingerprint density at radius 2 is 1.90 bits per heavy atom. The summed E-state index contributed by atoms with van der Waals surface area (Å²) in [5, 5.41) is 3.42. The van der Waals surface area contributed by atoms with Crippen molar-refractivity contribution in [1.29, 1.82) is 0 Å². The fraction of sp³-hybridized carbons (Fsp3) is 0.294. The van der Waals surface area contributed by atoms with Crippen LogP contribution in [0.5, 0.6) is 5.75 Å². The molecule has 0 aliphatic heterocycles. The van der Waals surface area contributed by atoms with Crippen LogP contribution in [-0.2, 0) is 6.54 Å². The van der Waals surface area contributed by atoms with Crippen molar-refractivity contribution in [3.05, 3.63) is 57.0 Å². The van der Waals surface area contributed by atoms with Crippen LogP contribution in [-0.4, -0.2) is 6.10 Å². The monoisotopic (exact) mass is 411 g/mol. The predicted molar refractivity (Wildman–Crippen MR) is 96.0 cm³/mol. The first kappa shape index (κ1) is 16.4. The van der Waals surface area contributed by atoms with Gasteiger partial charge in [-0.15, -0.1) is 0 Å². The number of nitrogens with one attached hydrogen (secondary N) is 1. The van der Waals surface area contributed by atoms with Crippen molar-refractivity contribution in [2.24, 2.45) is 0 Å². The van der Waals surface area contributed by atoms with E-state index in [2.05, 4.69) is 69.2 Å². The summed E-state index contributed by atoms with van der Waals surface area (Å²) in [4.78, 5) is 0. The molecule has 0 radical (unpaired) electrons. The topological polar surface area (TPSA) is 21.3 Å². The van der Waals surface area contributed by atoms with Crippen molar-refractivity contribution < 1.29 is 4.74 Å². The molecule has 1 N–H and O–H groups in total. The number of hydrogen-bond acceptors (Lipinski definition) is 2. The molecule has 0 saturated heterocycles. The molecule has 0 spiro atoms. The Kier molecular flexibility index (Phi) is 6.12. The van der Waals surface area contributed by atoms with Crippen LogP contribution in [0.15, 0.2) is 51.4 Å². The molecular formula is C17H19Br2NO. The lowest BCUT2D eigenvalue weighted by Gasteiger charge is -2.14. The molecule has 112 valence electrons. The molecule has 0 aliphatic rings. The maximum Gasteiger partial charge on any atom is 0.121 e. The maximum absolute atomic E-state index is 5.84. The fourth-order valence-corrected chi connectivity index (χ4v) is 2.52. The van der Waals surface area contributed by atoms with Crippen molar-refractivity contribution in [3.63, 3.8) is 0 Å². The van der Waals surface area contributed by atoms with E-state index in [9.17, 15) is 0 Å². The molecule has 0 aromatic heterocycles. The number of rotatable bonds is 6. The van der Waals surface area contributed by atoms with Crippen molar-refractivity contribution in [1.82, 2.24) is 0 Å². The average molecular weight is 413 g/mol. The van der Waals surface area contributed by atoms with Crippen LogP contribution in [0.2, 0.25) is 0 Å². The highest BCUT2D eigenvalue weighted by molar-refractivity contribution is 9.13. The smallest absolute Gasteiger partial charge is 0.121 e. The van der Waals surface area contributed by atoms with Crippen LogP contribution in [0.1, 0.15) is 25.8 Å². The molecule has 0 saturated carbocycles. The fourth-order valence-electron chi connectivity index (χ4n) is 1.85. The third kappa shape index (κ3) is 5.04. The first-order chi connectivity index (χ1) is 10.1. The van der Waals surface area contributed by atoms with Crippen LogP contribution < -0.4 is 10.1 Å². The summed E-state index contributed by atoms with van der Waals surface area (Å²) in [5.74, 6) is 0.909. The van der Waals surface area contributed by atoms with Crippen molar-refractivity contribution >= 4 is 37.5 Å². The summed E-state index contributed by atoms with van der Waals surface area (Å²) in [6.45, 7) is 4.98. The van der Waals surface area contributed by atoms with Gasteiger partial charge in [-0.2, -0.15) is 0 Å². The molecule has 2 nitrogen and oxygen atoms in total. The quantitative estimate of drug-likeness (QED) is 0.627. The molecule has 0 amide bonds. The Labute approximate surface area is 143 Å². The second-order valence-electron chi connectivity index (χ2n) is 4.97. The van der Waals surface area contributed by atoms with E-state index in [4.69, 9.17) is 4.74 Å². The third-order valence-electron chi connectivity index (χ3n) is 3.23. The summed E-state index contributed by atoms with van der Waals surface area (Å²) in [6, 6.07) is 14.4. The summed E-state index contributed by atoms with van der Waals surface area (Å²) >= 11 is 7.01. The minimum atomic E-state index is 0.239. The van der Waals surface area contributed by atoms with Gasteiger partial charge in [0.25, 0.3) is 0 Å². The first-order valence-corrected chi connectivity index (χ1v) is 8.61. The van der Waals surface area contributed by atoms with Crippen LogP contribution in [0.25, 0.3) is 0 Å². The molecule has 1 atom stereocenters. The van der Waals surface area contributed by atoms with E-state index in [-0.39, 0.29) is 6.10 Å². The zero-order valence-corrected chi connectivity index (χ0v) is 15.4. The van der Waals surface area contributed by atoms with Gasteiger partial charge in [0.15, 0.2) is 0 Å². The van der Waals surface area contributed by atoms with Gasteiger partial charge in [0, 0.05) is 27.2 Å². The van der Waals surface area contributed by atoms with Gasteiger partial charge in [0.05, 0.1) is 6.10 Å². The molecule has 2 rings (SSSR count). The number of benzene rings is 2. The van der Waals surface area contributed by atoms with E-state index in [1.165, 1.54) is 5.56 Å². The lowest BCUT2D eigenvalue weighted by atomic mass is 10.2. The second-order valence-corrected chi connectivity index (χ2v) is 6.68. The molecule has 0 aliphatic carbocycles. The Balaban J connectivity index is 1.99.